The Hall–Kier alpha value is -2.22. The Labute approximate surface area is 161 Å². The summed E-state index contributed by atoms with van der Waals surface area (Å²) in [6.07, 6.45) is 3.30. The van der Waals surface area contributed by atoms with Gasteiger partial charge in [-0.25, -0.2) is 8.42 Å². The zero-order chi connectivity index (χ0) is 20.2. The van der Waals surface area contributed by atoms with Crippen molar-refractivity contribution in [1.29, 1.82) is 0 Å². The summed E-state index contributed by atoms with van der Waals surface area (Å²) >= 11 is 0. The van der Waals surface area contributed by atoms with Crippen LogP contribution in [0.4, 0.5) is 5.69 Å². The molecular weight excluding hydrogens is 362 g/mol. The van der Waals surface area contributed by atoms with E-state index in [0.29, 0.717) is 0 Å². The highest BCUT2D eigenvalue weighted by Crippen LogP contribution is 2.31. The highest BCUT2D eigenvalue weighted by atomic mass is 32.2. The van der Waals surface area contributed by atoms with Crippen LogP contribution in [-0.4, -0.2) is 39.8 Å². The Morgan fingerprint density at radius 1 is 1.04 bits per heavy atom. The van der Waals surface area contributed by atoms with Gasteiger partial charge in [0.1, 0.15) is 15.8 Å². The van der Waals surface area contributed by atoms with Crippen LogP contribution in [0.1, 0.15) is 29.5 Å². The molecule has 7 heteroatoms. The maximum absolute atomic E-state index is 10.4. The minimum Gasteiger partial charge on any atom is -0.744 e. The van der Waals surface area contributed by atoms with Gasteiger partial charge in [0.2, 0.25) is 0 Å². The van der Waals surface area contributed by atoms with Crippen LogP contribution < -0.4 is 10.3 Å². The maximum atomic E-state index is 10.4. The molecule has 3 rings (SSSR count). The van der Waals surface area contributed by atoms with Crippen molar-refractivity contribution in [3.63, 3.8) is 0 Å². The van der Waals surface area contributed by atoms with E-state index in [9.17, 15) is 13.0 Å². The second kappa shape index (κ2) is 8.21. The molecule has 2 N–H and O–H groups in total. The van der Waals surface area contributed by atoms with Crippen molar-refractivity contribution in [2.24, 2.45) is 10.9 Å². The third-order valence-electron chi connectivity index (χ3n) is 4.49. The van der Waals surface area contributed by atoms with E-state index < -0.39 is 10.1 Å². The molecule has 27 heavy (non-hydrogen) atoms. The molecule has 0 bridgehead atoms. The third-order valence-corrected chi connectivity index (χ3v) is 5.34. The molecule has 1 aliphatic rings. The Kier molecular flexibility index (Phi) is 6.41. The molecule has 0 saturated carbocycles. The Morgan fingerprint density at radius 2 is 1.67 bits per heavy atom. The molecule has 0 amide bonds. The van der Waals surface area contributed by atoms with Gasteiger partial charge in [-0.15, -0.1) is 0 Å². The van der Waals surface area contributed by atoms with Gasteiger partial charge in [0.15, 0.2) is 0 Å². The van der Waals surface area contributed by atoms with Gasteiger partial charge in [-0.05, 0) is 44.4 Å². The fraction of sp³-hybridized carbons (Fsp3) is 0.350. The molecule has 0 aromatic heterocycles. The molecule has 0 unspecified atom stereocenters. The lowest BCUT2D eigenvalue weighted by Gasteiger charge is -2.29. The van der Waals surface area contributed by atoms with Crippen LogP contribution in [0.15, 0.2) is 52.5 Å². The first-order valence-corrected chi connectivity index (χ1v) is 10.2. The summed E-state index contributed by atoms with van der Waals surface area (Å²) in [4.78, 5) is -0.178. The molecule has 0 heterocycles. The van der Waals surface area contributed by atoms with Gasteiger partial charge in [-0.1, -0.05) is 29.8 Å². The van der Waals surface area contributed by atoms with Gasteiger partial charge < -0.3 is 10.4 Å². The molecule has 146 valence electrons. The molecule has 0 radical (unpaired) electrons. The average molecular weight is 390 g/mol. The molecule has 0 fully saturated rings. The second-order valence-electron chi connectivity index (χ2n) is 7.51. The van der Waals surface area contributed by atoms with Crippen LogP contribution in [0.5, 0.6) is 0 Å². The molecule has 0 atom stereocenters. The number of aryl methyl sites for hydroxylation is 1. The van der Waals surface area contributed by atoms with Crippen LogP contribution >= 0.6 is 0 Å². The number of quaternary nitrogens is 1. The zero-order valence-corrected chi connectivity index (χ0v) is 17.1. The zero-order valence-electron chi connectivity index (χ0n) is 16.3. The number of nitrogens with zero attached hydrogens (tertiary/aromatic N) is 2. The summed E-state index contributed by atoms with van der Waals surface area (Å²) in [5.74, 6) is 5.46. The fourth-order valence-corrected chi connectivity index (χ4v) is 3.61. The molecule has 0 spiro atoms. The number of hydrogen-bond donors (Lipinski definition) is 1. The summed E-state index contributed by atoms with van der Waals surface area (Å²) in [6, 6.07) is 12.2. The maximum Gasteiger partial charge on any atom is 0.136 e. The van der Waals surface area contributed by atoms with Crippen molar-refractivity contribution in [2.45, 2.75) is 31.1 Å². The van der Waals surface area contributed by atoms with Crippen molar-refractivity contribution in [3.8, 4) is 0 Å². The van der Waals surface area contributed by atoms with Crippen molar-refractivity contribution in [3.05, 3.63) is 59.2 Å². The standard InChI is InChI=1S/C13H20N3.C7H8O3S/c1-16(2,3)13-9-5-6-10-11(13)7-4-8-12(10)15-14;1-6-2-4-7(5-3-6)11(8,9)10/h5-6,9H,4,7-8,14H2,1-3H3;2-5H,1H3,(H,8,9,10)/q+1;/p-1. The lowest BCUT2D eigenvalue weighted by molar-refractivity contribution is 0.463. The predicted molar refractivity (Wildman–Crippen MR) is 109 cm³/mol. The van der Waals surface area contributed by atoms with Crippen LogP contribution in [0, 0.1) is 6.92 Å². The third kappa shape index (κ3) is 5.38. The van der Waals surface area contributed by atoms with E-state index in [4.69, 9.17) is 5.84 Å². The number of fused-ring (bicyclic) bond motifs is 1. The second-order valence-corrected chi connectivity index (χ2v) is 8.89. The van der Waals surface area contributed by atoms with Crippen LogP contribution in [0.25, 0.3) is 0 Å². The normalized spacial score (nSPS) is 15.7. The minimum absolute atomic E-state index is 0.178. The van der Waals surface area contributed by atoms with Gasteiger partial charge in [-0.2, -0.15) is 5.10 Å². The Morgan fingerprint density at radius 3 is 2.19 bits per heavy atom. The summed E-state index contributed by atoms with van der Waals surface area (Å²) in [7, 11) is 2.32. The first-order chi connectivity index (χ1) is 12.5. The van der Waals surface area contributed by atoms with E-state index in [1.807, 2.05) is 6.92 Å². The number of hydrazone groups is 1. The smallest absolute Gasteiger partial charge is 0.136 e. The summed E-state index contributed by atoms with van der Waals surface area (Å²) in [5.41, 5.74) is 6.03. The number of benzene rings is 2. The van der Waals surface area contributed by atoms with E-state index in [2.05, 4.69) is 44.4 Å². The molecule has 0 aliphatic heterocycles. The number of rotatable bonds is 2. The van der Waals surface area contributed by atoms with E-state index in [-0.39, 0.29) is 4.90 Å². The molecule has 6 nitrogen and oxygen atoms in total. The van der Waals surface area contributed by atoms with Gasteiger partial charge in [-0.3, -0.25) is 4.48 Å². The number of nitrogens with two attached hydrogens (primary N) is 1. The monoisotopic (exact) mass is 389 g/mol. The van der Waals surface area contributed by atoms with Crippen molar-refractivity contribution < 1.29 is 13.0 Å². The first-order valence-electron chi connectivity index (χ1n) is 8.77. The largest absolute Gasteiger partial charge is 0.744 e. The molecule has 2 aromatic carbocycles. The average Bonchev–Trinajstić information content (AvgIpc) is 2.60. The number of hydrogen-bond acceptors (Lipinski definition) is 5. The SMILES string of the molecule is C[N+](C)(C)c1cccc2c1CCCC2=NN.Cc1ccc(S(=O)(=O)[O-])cc1. The minimum atomic E-state index is -4.27. The lowest BCUT2D eigenvalue weighted by atomic mass is 9.88. The van der Waals surface area contributed by atoms with Crippen LogP contribution in [-0.2, 0) is 16.5 Å². The highest BCUT2D eigenvalue weighted by Gasteiger charge is 2.24. The topological polar surface area (TPSA) is 95.6 Å². The van der Waals surface area contributed by atoms with E-state index in [1.165, 1.54) is 28.9 Å². The van der Waals surface area contributed by atoms with E-state index in [1.54, 1.807) is 12.1 Å². The van der Waals surface area contributed by atoms with Crippen molar-refractivity contribution in [1.82, 2.24) is 4.48 Å². The highest BCUT2D eigenvalue weighted by molar-refractivity contribution is 7.85. The summed E-state index contributed by atoms with van der Waals surface area (Å²) in [6.45, 7) is 1.82. The van der Waals surface area contributed by atoms with Gasteiger partial charge >= 0.3 is 0 Å². The molecule has 1 aliphatic carbocycles. The summed E-state index contributed by atoms with van der Waals surface area (Å²) < 4.78 is 32.0. The summed E-state index contributed by atoms with van der Waals surface area (Å²) in [5, 5.41) is 3.92. The van der Waals surface area contributed by atoms with Crippen LogP contribution in [0.2, 0.25) is 0 Å². The molecule has 2 aromatic rings. The lowest BCUT2D eigenvalue weighted by Crippen LogP contribution is -2.36. The van der Waals surface area contributed by atoms with Crippen molar-refractivity contribution >= 4 is 21.5 Å². The Bertz CT molecular complexity index is 928. The van der Waals surface area contributed by atoms with Gasteiger partial charge in [0.25, 0.3) is 0 Å². The van der Waals surface area contributed by atoms with Gasteiger partial charge in [0, 0.05) is 11.1 Å². The molecular formula is C20H27N3O3S. The predicted octanol–water partition coefficient (Wildman–Crippen LogP) is 2.78. The quantitative estimate of drug-likeness (QED) is 0.370. The first kappa shape index (κ1) is 21.1. The van der Waals surface area contributed by atoms with Crippen LogP contribution in [0.3, 0.4) is 0 Å². The van der Waals surface area contributed by atoms with Gasteiger partial charge in [0.05, 0.1) is 31.8 Å². The Balaban J connectivity index is 0.000000208. The van der Waals surface area contributed by atoms with E-state index >= 15 is 0 Å². The molecule has 0 saturated heterocycles. The van der Waals surface area contributed by atoms with Crippen molar-refractivity contribution in [2.75, 3.05) is 21.1 Å². The van der Waals surface area contributed by atoms with E-state index in [0.717, 1.165) is 35.0 Å². The fourth-order valence-electron chi connectivity index (χ4n) is 3.14.